The molecular formula is C14H15F3O2. The Bertz CT molecular complexity index is 441. The van der Waals surface area contributed by atoms with E-state index in [1.165, 1.54) is 0 Å². The Balaban J connectivity index is 1.67. The highest BCUT2D eigenvalue weighted by atomic mass is 19.4. The fourth-order valence-electron chi connectivity index (χ4n) is 2.89. The average Bonchev–Trinajstić information content (AvgIpc) is 2.94. The summed E-state index contributed by atoms with van der Waals surface area (Å²) >= 11 is 0. The van der Waals surface area contributed by atoms with Gasteiger partial charge in [-0.1, -0.05) is 12.1 Å². The van der Waals surface area contributed by atoms with Gasteiger partial charge in [0.05, 0.1) is 18.8 Å². The summed E-state index contributed by atoms with van der Waals surface area (Å²) in [6, 6.07) is 5.42. The molecule has 1 aromatic carbocycles. The first-order chi connectivity index (χ1) is 9.04. The lowest BCUT2D eigenvalue weighted by Crippen LogP contribution is -2.17. The number of ether oxygens (including phenoxy) is 2. The zero-order valence-corrected chi connectivity index (χ0v) is 10.3. The molecule has 0 aliphatic carbocycles. The van der Waals surface area contributed by atoms with E-state index in [1.54, 1.807) is 12.1 Å². The van der Waals surface area contributed by atoms with Crippen LogP contribution in [0.5, 0.6) is 0 Å². The SMILES string of the molecule is FC(F)(F)c1ccc(C[C@H]2CO[C@H]3OCC[C@@H]23)cc1. The van der Waals surface area contributed by atoms with Gasteiger partial charge in [-0.05, 0) is 36.5 Å². The van der Waals surface area contributed by atoms with Gasteiger partial charge in [0.1, 0.15) is 0 Å². The standard InChI is InChI=1S/C14H15F3O2/c15-14(16,17)11-3-1-9(2-4-11)7-10-8-19-13-12(10)5-6-18-13/h1-4,10,12-13H,5-8H2/t10-,12-,13+/m0/s1. The minimum absolute atomic E-state index is 0.0977. The van der Waals surface area contributed by atoms with Crippen LogP contribution in [0.15, 0.2) is 24.3 Å². The summed E-state index contributed by atoms with van der Waals surface area (Å²) in [6.07, 6.45) is -2.63. The molecule has 2 heterocycles. The second-order valence-electron chi connectivity index (χ2n) is 5.18. The van der Waals surface area contributed by atoms with Crippen LogP contribution in [0.4, 0.5) is 13.2 Å². The van der Waals surface area contributed by atoms with Crippen molar-refractivity contribution < 1.29 is 22.6 Å². The molecule has 2 aliphatic heterocycles. The average molecular weight is 272 g/mol. The summed E-state index contributed by atoms with van der Waals surface area (Å²) in [5.74, 6) is 0.742. The van der Waals surface area contributed by atoms with E-state index in [-0.39, 0.29) is 6.29 Å². The Kier molecular flexibility index (Phi) is 3.27. The summed E-state index contributed by atoms with van der Waals surface area (Å²) in [5, 5.41) is 0. The maximum Gasteiger partial charge on any atom is 0.416 e. The minimum atomic E-state index is -4.26. The van der Waals surface area contributed by atoms with Crippen molar-refractivity contribution in [2.75, 3.05) is 13.2 Å². The van der Waals surface area contributed by atoms with Crippen LogP contribution in [0.1, 0.15) is 17.5 Å². The summed E-state index contributed by atoms with van der Waals surface area (Å²) in [4.78, 5) is 0. The molecule has 5 heteroatoms. The first-order valence-corrected chi connectivity index (χ1v) is 6.43. The molecule has 3 rings (SSSR count). The first-order valence-electron chi connectivity index (χ1n) is 6.43. The largest absolute Gasteiger partial charge is 0.416 e. The normalized spacial score (nSPS) is 30.6. The van der Waals surface area contributed by atoms with Crippen molar-refractivity contribution >= 4 is 0 Å². The first kappa shape index (κ1) is 12.9. The third-order valence-electron chi connectivity index (χ3n) is 3.94. The molecule has 19 heavy (non-hydrogen) atoms. The molecule has 0 saturated carbocycles. The molecule has 0 aromatic heterocycles. The quantitative estimate of drug-likeness (QED) is 0.822. The Morgan fingerprint density at radius 3 is 2.53 bits per heavy atom. The second-order valence-corrected chi connectivity index (χ2v) is 5.18. The second kappa shape index (κ2) is 4.80. The van der Waals surface area contributed by atoms with Gasteiger partial charge in [-0.3, -0.25) is 0 Å². The van der Waals surface area contributed by atoms with E-state index in [0.717, 1.165) is 37.1 Å². The molecule has 2 saturated heterocycles. The number of rotatable bonds is 2. The van der Waals surface area contributed by atoms with Crippen molar-refractivity contribution in [1.29, 1.82) is 0 Å². The topological polar surface area (TPSA) is 18.5 Å². The molecule has 0 N–H and O–H groups in total. The number of benzene rings is 1. The zero-order valence-electron chi connectivity index (χ0n) is 10.3. The van der Waals surface area contributed by atoms with Gasteiger partial charge < -0.3 is 9.47 Å². The molecule has 0 radical (unpaired) electrons. The van der Waals surface area contributed by atoms with Crippen LogP contribution in [0.2, 0.25) is 0 Å². The van der Waals surface area contributed by atoms with E-state index in [0.29, 0.717) is 18.4 Å². The van der Waals surface area contributed by atoms with Crippen LogP contribution in [0.25, 0.3) is 0 Å². The van der Waals surface area contributed by atoms with Crippen LogP contribution in [-0.2, 0) is 22.1 Å². The Labute approximate surface area is 109 Å². The van der Waals surface area contributed by atoms with Gasteiger partial charge in [0, 0.05) is 5.92 Å². The maximum absolute atomic E-state index is 12.5. The van der Waals surface area contributed by atoms with Crippen LogP contribution in [-0.4, -0.2) is 19.5 Å². The molecule has 0 bridgehead atoms. The third-order valence-corrected chi connectivity index (χ3v) is 3.94. The van der Waals surface area contributed by atoms with Gasteiger partial charge in [0.15, 0.2) is 6.29 Å². The van der Waals surface area contributed by atoms with Crippen molar-refractivity contribution in [3.63, 3.8) is 0 Å². The van der Waals surface area contributed by atoms with E-state index < -0.39 is 11.7 Å². The summed E-state index contributed by atoms with van der Waals surface area (Å²) < 4.78 is 48.4. The van der Waals surface area contributed by atoms with E-state index in [4.69, 9.17) is 9.47 Å². The van der Waals surface area contributed by atoms with Crippen molar-refractivity contribution in [3.8, 4) is 0 Å². The highest BCUT2D eigenvalue weighted by Crippen LogP contribution is 2.37. The number of fused-ring (bicyclic) bond motifs is 1. The molecule has 0 spiro atoms. The van der Waals surface area contributed by atoms with E-state index >= 15 is 0 Å². The van der Waals surface area contributed by atoms with Crippen molar-refractivity contribution in [3.05, 3.63) is 35.4 Å². The molecule has 2 aliphatic rings. The number of alkyl halides is 3. The van der Waals surface area contributed by atoms with Gasteiger partial charge in [0.25, 0.3) is 0 Å². The van der Waals surface area contributed by atoms with E-state index in [1.807, 2.05) is 0 Å². The van der Waals surface area contributed by atoms with E-state index in [9.17, 15) is 13.2 Å². The van der Waals surface area contributed by atoms with Gasteiger partial charge in [0.2, 0.25) is 0 Å². The summed E-state index contributed by atoms with van der Waals surface area (Å²) in [5.41, 5.74) is 0.329. The maximum atomic E-state index is 12.5. The van der Waals surface area contributed by atoms with Crippen molar-refractivity contribution in [2.24, 2.45) is 11.8 Å². The number of hydrogen-bond donors (Lipinski definition) is 0. The van der Waals surface area contributed by atoms with Gasteiger partial charge in [-0.25, -0.2) is 0 Å². The number of halogens is 3. The third kappa shape index (κ3) is 2.62. The lowest BCUT2D eigenvalue weighted by atomic mass is 9.88. The molecule has 3 atom stereocenters. The lowest BCUT2D eigenvalue weighted by molar-refractivity contribution is -0.137. The van der Waals surface area contributed by atoms with Crippen molar-refractivity contribution in [1.82, 2.24) is 0 Å². The summed E-state index contributed by atoms with van der Waals surface area (Å²) in [7, 11) is 0. The van der Waals surface area contributed by atoms with Crippen LogP contribution < -0.4 is 0 Å². The Morgan fingerprint density at radius 1 is 1.11 bits per heavy atom. The Morgan fingerprint density at radius 2 is 1.84 bits per heavy atom. The smallest absolute Gasteiger partial charge is 0.352 e. The highest BCUT2D eigenvalue weighted by Gasteiger charge is 2.41. The zero-order chi connectivity index (χ0) is 13.5. The van der Waals surface area contributed by atoms with Crippen LogP contribution in [0.3, 0.4) is 0 Å². The highest BCUT2D eigenvalue weighted by molar-refractivity contribution is 5.25. The van der Waals surface area contributed by atoms with Gasteiger partial charge >= 0.3 is 6.18 Å². The molecule has 2 nitrogen and oxygen atoms in total. The molecule has 2 fully saturated rings. The lowest BCUT2D eigenvalue weighted by Gasteiger charge is -2.15. The molecular weight excluding hydrogens is 257 g/mol. The minimum Gasteiger partial charge on any atom is -0.352 e. The fraction of sp³-hybridized carbons (Fsp3) is 0.571. The number of hydrogen-bond acceptors (Lipinski definition) is 2. The summed E-state index contributed by atoms with van der Waals surface area (Å²) in [6.45, 7) is 1.36. The fourth-order valence-corrected chi connectivity index (χ4v) is 2.89. The van der Waals surface area contributed by atoms with Crippen LogP contribution in [0, 0.1) is 11.8 Å². The molecule has 1 aromatic rings. The van der Waals surface area contributed by atoms with Crippen molar-refractivity contribution in [2.45, 2.75) is 25.3 Å². The van der Waals surface area contributed by atoms with Gasteiger partial charge in [-0.15, -0.1) is 0 Å². The predicted molar refractivity (Wildman–Crippen MR) is 62.4 cm³/mol. The van der Waals surface area contributed by atoms with Gasteiger partial charge in [-0.2, -0.15) is 13.2 Å². The monoisotopic (exact) mass is 272 g/mol. The van der Waals surface area contributed by atoms with Crippen LogP contribution >= 0.6 is 0 Å². The van der Waals surface area contributed by atoms with E-state index in [2.05, 4.69) is 0 Å². The molecule has 0 unspecified atom stereocenters. The Hall–Kier alpha value is -1.07. The predicted octanol–water partition coefficient (Wildman–Crippen LogP) is 3.26. The molecule has 104 valence electrons. The molecule has 0 amide bonds.